The van der Waals surface area contributed by atoms with Gasteiger partial charge in [-0.25, -0.2) is 0 Å². The normalized spacial score (nSPS) is 12.4. The zero-order valence-corrected chi connectivity index (χ0v) is 16.0. The van der Waals surface area contributed by atoms with Crippen molar-refractivity contribution in [3.63, 3.8) is 0 Å². The number of hydrogen-bond acceptors (Lipinski definition) is 6. The first-order valence-electron chi connectivity index (χ1n) is 8.32. The van der Waals surface area contributed by atoms with Gasteiger partial charge in [0.15, 0.2) is 5.75 Å². The van der Waals surface area contributed by atoms with Gasteiger partial charge in [0.2, 0.25) is 5.91 Å². The molecule has 29 heavy (non-hydrogen) atoms. The fourth-order valence-electron chi connectivity index (χ4n) is 2.26. The predicted molar refractivity (Wildman–Crippen MR) is 101 cm³/mol. The second-order valence-corrected chi connectivity index (χ2v) is 7.18. The summed E-state index contributed by atoms with van der Waals surface area (Å²) in [4.78, 5) is 21.8. The number of ether oxygens (including phenoxy) is 1. The Hall–Kier alpha value is -2.79. The molecule has 0 heterocycles. The van der Waals surface area contributed by atoms with Crippen LogP contribution in [-0.4, -0.2) is 22.4 Å². The number of nitrogens with one attached hydrogen (secondary N) is 1. The van der Waals surface area contributed by atoms with Crippen LogP contribution in [0.5, 0.6) is 5.75 Å². The summed E-state index contributed by atoms with van der Waals surface area (Å²) >= 11 is -0.225. The number of nitrogens with zero attached hydrogens (tertiary/aromatic N) is 1. The highest BCUT2D eigenvalue weighted by atomic mass is 32.2. The number of halogens is 3. The molecule has 3 N–H and O–H groups in total. The van der Waals surface area contributed by atoms with E-state index in [4.69, 9.17) is 10.5 Å². The third-order valence-electron chi connectivity index (χ3n) is 3.81. The Kier molecular flexibility index (Phi) is 7.46. The van der Waals surface area contributed by atoms with E-state index in [-0.39, 0.29) is 41.2 Å². The number of primary amides is 1. The number of nitro benzene ring substituents is 1. The highest BCUT2D eigenvalue weighted by Gasteiger charge is 2.29. The summed E-state index contributed by atoms with van der Waals surface area (Å²) in [5.74, 6) is -0.519. The molecular weight excluding hydrogens is 411 g/mol. The van der Waals surface area contributed by atoms with Crippen molar-refractivity contribution in [1.82, 2.24) is 5.32 Å². The summed E-state index contributed by atoms with van der Waals surface area (Å²) in [5, 5.41) is 14.2. The van der Waals surface area contributed by atoms with E-state index in [1.807, 2.05) is 0 Å². The molecule has 2 aromatic rings. The minimum atomic E-state index is -4.37. The lowest BCUT2D eigenvalue weighted by molar-refractivity contribution is -0.386. The van der Waals surface area contributed by atoms with Crippen LogP contribution in [0.4, 0.5) is 18.9 Å². The van der Waals surface area contributed by atoms with Crippen molar-refractivity contribution in [1.29, 1.82) is 0 Å². The average molecular weight is 429 g/mol. The number of hydrogen-bond donors (Lipinski definition) is 2. The quantitative estimate of drug-likeness (QED) is 0.357. The number of nitro groups is 1. The first kappa shape index (κ1) is 22.5. The van der Waals surface area contributed by atoms with Crippen LogP contribution in [0.1, 0.15) is 18.1 Å². The summed E-state index contributed by atoms with van der Waals surface area (Å²) in [6.07, 6.45) is 0. The molecule has 7 nitrogen and oxygen atoms in total. The molecule has 0 saturated carbocycles. The van der Waals surface area contributed by atoms with E-state index in [9.17, 15) is 28.1 Å². The highest BCUT2D eigenvalue weighted by molar-refractivity contribution is 8.00. The largest absolute Gasteiger partial charge is 0.482 e. The Morgan fingerprint density at radius 1 is 1.24 bits per heavy atom. The lowest BCUT2D eigenvalue weighted by atomic mass is 10.1. The van der Waals surface area contributed by atoms with Crippen molar-refractivity contribution < 1.29 is 27.6 Å². The molecule has 0 radical (unpaired) electrons. The lowest BCUT2D eigenvalue weighted by Crippen LogP contribution is -2.38. The van der Waals surface area contributed by atoms with Crippen LogP contribution in [0.3, 0.4) is 0 Å². The fraction of sp³-hybridized carbons (Fsp3) is 0.278. The summed E-state index contributed by atoms with van der Waals surface area (Å²) in [6, 6.07) is 9.29. The number of carbonyl (C=O) groups excluding carboxylic acids is 1. The first-order chi connectivity index (χ1) is 13.5. The Labute approximate surface area is 168 Å². The maximum atomic E-state index is 12.3. The molecular formula is C18H18F3N3O4S. The molecule has 0 bridgehead atoms. The maximum absolute atomic E-state index is 12.3. The molecule has 0 aromatic heterocycles. The first-order valence-corrected chi connectivity index (χ1v) is 9.14. The Bertz CT molecular complexity index is 876. The van der Waals surface area contributed by atoms with Gasteiger partial charge in [-0.15, -0.1) is 0 Å². The smallest absolute Gasteiger partial charge is 0.446 e. The van der Waals surface area contributed by atoms with E-state index in [2.05, 4.69) is 5.32 Å². The van der Waals surface area contributed by atoms with Crippen LogP contribution >= 0.6 is 11.8 Å². The van der Waals surface area contributed by atoms with Crippen LogP contribution in [0.25, 0.3) is 0 Å². The number of alkyl halides is 3. The number of amides is 1. The molecule has 156 valence electrons. The van der Waals surface area contributed by atoms with E-state index in [1.54, 1.807) is 13.0 Å². The third kappa shape index (κ3) is 7.27. The van der Waals surface area contributed by atoms with E-state index >= 15 is 0 Å². The zero-order chi connectivity index (χ0) is 21.6. The van der Waals surface area contributed by atoms with Gasteiger partial charge in [-0.1, -0.05) is 18.2 Å². The minimum absolute atomic E-state index is 0.0236. The van der Waals surface area contributed by atoms with Crippen molar-refractivity contribution in [3.05, 3.63) is 63.7 Å². The van der Waals surface area contributed by atoms with Gasteiger partial charge in [-0.2, -0.15) is 13.2 Å². The second-order valence-electron chi connectivity index (χ2n) is 6.04. The summed E-state index contributed by atoms with van der Waals surface area (Å²) in [7, 11) is 0. The summed E-state index contributed by atoms with van der Waals surface area (Å²) in [6.45, 7) is 1.73. The van der Waals surface area contributed by atoms with E-state index in [0.29, 0.717) is 11.1 Å². The molecule has 0 aliphatic heterocycles. The average Bonchev–Trinajstić information content (AvgIpc) is 2.64. The molecule has 11 heteroatoms. The summed E-state index contributed by atoms with van der Waals surface area (Å²) < 4.78 is 42.5. The highest BCUT2D eigenvalue weighted by Crippen LogP contribution is 2.36. The Morgan fingerprint density at radius 2 is 1.86 bits per heavy atom. The standard InChI is InChI=1S/C18H18F3N3O4S/c1-11(17(22)25)23-9-13-4-7-16(15(8-13)24(26)27)28-10-12-2-5-14(6-3-12)29-18(19,20)21/h2-8,11,23H,9-10H2,1H3,(H2,22,25). The molecule has 1 unspecified atom stereocenters. The van der Waals surface area contributed by atoms with Gasteiger partial charge < -0.3 is 15.8 Å². The predicted octanol–water partition coefficient (Wildman–Crippen LogP) is 3.75. The zero-order valence-electron chi connectivity index (χ0n) is 15.2. The number of rotatable bonds is 9. The molecule has 0 spiro atoms. The molecule has 0 aliphatic rings. The monoisotopic (exact) mass is 429 g/mol. The molecule has 0 fully saturated rings. The van der Waals surface area contributed by atoms with Crippen molar-refractivity contribution in [2.75, 3.05) is 0 Å². The molecule has 1 atom stereocenters. The second kappa shape index (κ2) is 9.61. The van der Waals surface area contributed by atoms with Crippen molar-refractivity contribution in [3.8, 4) is 5.75 Å². The van der Waals surface area contributed by atoms with Crippen LogP contribution in [-0.2, 0) is 17.9 Å². The van der Waals surface area contributed by atoms with Crippen LogP contribution in [0.15, 0.2) is 47.4 Å². The molecule has 0 aliphatic carbocycles. The van der Waals surface area contributed by atoms with Crippen molar-refractivity contribution >= 4 is 23.4 Å². The number of carbonyl (C=O) groups is 1. The molecule has 2 rings (SSSR count). The van der Waals surface area contributed by atoms with E-state index in [0.717, 1.165) is 0 Å². The maximum Gasteiger partial charge on any atom is 0.446 e. The number of benzene rings is 2. The lowest BCUT2D eigenvalue weighted by Gasteiger charge is -2.12. The number of thioether (sulfide) groups is 1. The minimum Gasteiger partial charge on any atom is -0.482 e. The van der Waals surface area contributed by atoms with Gasteiger partial charge in [0.1, 0.15) is 6.61 Å². The van der Waals surface area contributed by atoms with E-state index < -0.39 is 22.4 Å². The van der Waals surface area contributed by atoms with Gasteiger partial charge in [0.05, 0.1) is 11.0 Å². The molecule has 1 amide bonds. The van der Waals surface area contributed by atoms with Crippen molar-refractivity contribution in [2.45, 2.75) is 36.5 Å². The van der Waals surface area contributed by atoms with Gasteiger partial charge in [0, 0.05) is 17.5 Å². The Morgan fingerprint density at radius 3 is 2.41 bits per heavy atom. The van der Waals surface area contributed by atoms with Crippen LogP contribution in [0.2, 0.25) is 0 Å². The van der Waals surface area contributed by atoms with Gasteiger partial charge >= 0.3 is 11.2 Å². The van der Waals surface area contributed by atoms with Gasteiger partial charge in [0.25, 0.3) is 0 Å². The number of nitrogens with two attached hydrogens (primary N) is 1. The van der Waals surface area contributed by atoms with Crippen molar-refractivity contribution in [2.24, 2.45) is 5.73 Å². The Balaban J connectivity index is 2.04. The topological polar surface area (TPSA) is 107 Å². The third-order valence-corrected chi connectivity index (χ3v) is 4.55. The van der Waals surface area contributed by atoms with Gasteiger partial charge in [-0.3, -0.25) is 14.9 Å². The van der Waals surface area contributed by atoms with Gasteiger partial charge in [-0.05, 0) is 48.0 Å². The van der Waals surface area contributed by atoms with Crippen LogP contribution < -0.4 is 15.8 Å². The summed E-state index contributed by atoms with van der Waals surface area (Å²) in [5.41, 5.74) is 1.64. The van der Waals surface area contributed by atoms with Crippen LogP contribution in [0, 0.1) is 10.1 Å². The van der Waals surface area contributed by atoms with E-state index in [1.165, 1.54) is 36.4 Å². The SMILES string of the molecule is CC(NCc1ccc(OCc2ccc(SC(F)(F)F)cc2)c([N+](=O)[O-])c1)C(N)=O. The fourth-order valence-corrected chi connectivity index (χ4v) is 2.80. The molecule has 0 saturated heterocycles. The molecule has 2 aromatic carbocycles.